The molecule has 0 bridgehead atoms. The number of fused-ring (bicyclic) bond motifs is 1. The zero-order valence-corrected chi connectivity index (χ0v) is 26.8. The number of halogens is 6. The molecule has 0 spiro atoms. The van der Waals surface area contributed by atoms with Gasteiger partial charge < -0.3 is 20.3 Å². The van der Waals surface area contributed by atoms with E-state index in [4.69, 9.17) is 15.5 Å². The molecule has 1 amide bonds. The lowest BCUT2D eigenvalue weighted by atomic mass is 9.73. The van der Waals surface area contributed by atoms with Gasteiger partial charge in [0.2, 0.25) is 0 Å². The third kappa shape index (κ3) is 6.93. The monoisotopic (exact) mass is 667 g/mol. The van der Waals surface area contributed by atoms with Crippen LogP contribution in [0.1, 0.15) is 60.6 Å². The Kier molecular flexibility index (Phi) is 9.82. The molecule has 1 aliphatic carbocycles. The number of anilines is 2. The number of likely N-dealkylation sites (N-methyl/N-ethyl adjacent to an activating group) is 1. The van der Waals surface area contributed by atoms with Crippen LogP contribution < -0.4 is 15.4 Å². The van der Waals surface area contributed by atoms with Gasteiger partial charge in [-0.25, -0.2) is 13.2 Å². The van der Waals surface area contributed by atoms with Crippen LogP contribution in [0.3, 0.4) is 0 Å². The van der Waals surface area contributed by atoms with Gasteiger partial charge in [0, 0.05) is 43.3 Å². The number of alkyl halides is 5. The molecular weight excluding hydrogens is 628 g/mol. The van der Waals surface area contributed by atoms with E-state index in [2.05, 4.69) is 11.1 Å². The van der Waals surface area contributed by atoms with Crippen molar-refractivity contribution in [3.63, 3.8) is 0 Å². The van der Waals surface area contributed by atoms with Crippen LogP contribution in [-0.4, -0.2) is 89.9 Å². The summed E-state index contributed by atoms with van der Waals surface area (Å²) in [6.45, 7) is 4.92. The lowest BCUT2D eigenvalue weighted by Crippen LogP contribution is -2.57. The summed E-state index contributed by atoms with van der Waals surface area (Å²) < 4.78 is 92.6. The summed E-state index contributed by atoms with van der Waals surface area (Å²) in [6.07, 6.45) is -7.28. The molecule has 0 radical (unpaired) electrons. The number of nitriles is 1. The Bertz CT molecular complexity index is 1550. The molecule has 2 fully saturated rings. The van der Waals surface area contributed by atoms with Crippen LogP contribution in [0.15, 0.2) is 6.07 Å². The van der Waals surface area contributed by atoms with E-state index in [1.165, 1.54) is 11.8 Å². The van der Waals surface area contributed by atoms with Crippen LogP contribution in [0.2, 0.25) is 0 Å². The van der Waals surface area contributed by atoms with Gasteiger partial charge >= 0.3 is 12.2 Å². The molecule has 5 rings (SSSR count). The number of nitrogens with two attached hydrogens (primary N) is 1. The number of likely N-dealkylation sites (tertiary alicyclic amines) is 1. The molecule has 2 saturated heterocycles. The molecule has 2 N–H and O–H groups in total. The maximum atomic E-state index is 15.6. The van der Waals surface area contributed by atoms with Gasteiger partial charge in [-0.2, -0.15) is 28.4 Å². The second-order valence-electron chi connectivity index (χ2n) is 13.0. The van der Waals surface area contributed by atoms with Crippen molar-refractivity contribution >= 4 is 17.4 Å². The van der Waals surface area contributed by atoms with Crippen molar-refractivity contribution in [2.24, 2.45) is 5.92 Å². The second kappa shape index (κ2) is 13.4. The zero-order valence-electron chi connectivity index (χ0n) is 26.8. The first-order valence-electron chi connectivity index (χ1n) is 15.7. The Morgan fingerprint density at radius 3 is 2.55 bits per heavy atom. The molecular formula is C32H39F6N7O2. The highest BCUT2D eigenvalue weighted by Gasteiger charge is 2.43. The fourth-order valence-electron chi connectivity index (χ4n) is 7.25. The minimum absolute atomic E-state index is 0.0588. The maximum Gasteiger partial charge on any atom is 0.417 e. The van der Waals surface area contributed by atoms with Crippen LogP contribution in [0.4, 0.5) is 37.8 Å². The largest absolute Gasteiger partial charge is 0.462 e. The number of carbonyl (C=O) groups excluding carboxylic acids is 1. The predicted octanol–water partition coefficient (Wildman–Crippen LogP) is 4.75. The summed E-state index contributed by atoms with van der Waals surface area (Å²) in [4.78, 5) is 26.9. The highest BCUT2D eigenvalue weighted by Crippen LogP contribution is 2.47. The minimum atomic E-state index is -4.83. The number of piperazine rings is 1. The van der Waals surface area contributed by atoms with Crippen molar-refractivity contribution in [3.8, 4) is 12.1 Å². The molecule has 256 valence electrons. The third-order valence-corrected chi connectivity index (χ3v) is 9.63. The number of hydrogen-bond acceptors (Lipinski definition) is 8. The number of nitrogen functional groups attached to an aromatic ring is 1. The number of hydrogen-bond donors (Lipinski definition) is 1. The highest BCUT2D eigenvalue weighted by atomic mass is 19.4. The molecule has 2 aliphatic heterocycles. The fourth-order valence-corrected chi connectivity index (χ4v) is 7.25. The molecule has 0 saturated carbocycles. The lowest BCUT2D eigenvalue weighted by Gasteiger charge is -2.43. The molecule has 1 aromatic heterocycles. The number of aryl methyl sites for hydroxylation is 1. The van der Waals surface area contributed by atoms with Crippen LogP contribution in [0.5, 0.6) is 6.01 Å². The molecule has 2 aromatic rings. The normalized spacial score (nSPS) is 25.8. The number of nitrogens with zero attached hydrogens (tertiary/aromatic N) is 6. The van der Waals surface area contributed by atoms with Crippen LogP contribution in [0.25, 0.3) is 0 Å². The van der Waals surface area contributed by atoms with E-state index < -0.39 is 59.2 Å². The van der Waals surface area contributed by atoms with Crippen molar-refractivity contribution in [1.29, 1.82) is 5.26 Å². The van der Waals surface area contributed by atoms with Gasteiger partial charge in [-0.3, -0.25) is 9.69 Å². The van der Waals surface area contributed by atoms with E-state index in [9.17, 15) is 32.0 Å². The van der Waals surface area contributed by atoms with Crippen molar-refractivity contribution < 1.29 is 35.9 Å². The average molecular weight is 668 g/mol. The zero-order chi connectivity index (χ0) is 34.4. The average Bonchev–Trinajstić information content (AvgIpc) is 3.32. The first kappa shape index (κ1) is 34.5. The van der Waals surface area contributed by atoms with E-state index in [1.54, 1.807) is 14.0 Å². The summed E-state index contributed by atoms with van der Waals surface area (Å²) >= 11 is 0. The Morgan fingerprint density at radius 1 is 1.21 bits per heavy atom. The Hall–Kier alpha value is -3.80. The first-order chi connectivity index (χ1) is 22.1. The van der Waals surface area contributed by atoms with Crippen molar-refractivity contribution in [2.45, 2.75) is 83.0 Å². The van der Waals surface area contributed by atoms with Crippen molar-refractivity contribution in [3.05, 3.63) is 39.8 Å². The van der Waals surface area contributed by atoms with Gasteiger partial charge in [0.05, 0.1) is 35.5 Å². The van der Waals surface area contributed by atoms with E-state index >= 15 is 4.39 Å². The van der Waals surface area contributed by atoms with E-state index in [0.29, 0.717) is 17.1 Å². The first-order valence-corrected chi connectivity index (χ1v) is 15.7. The van der Waals surface area contributed by atoms with Gasteiger partial charge in [0.25, 0.3) is 5.91 Å². The fraction of sp³-hybridized carbons (Fsp3) is 0.625. The number of rotatable bonds is 7. The van der Waals surface area contributed by atoms with Gasteiger partial charge in [-0.1, -0.05) is 6.92 Å². The highest BCUT2D eigenvalue weighted by molar-refractivity contribution is 5.81. The minimum Gasteiger partial charge on any atom is -0.462 e. The summed E-state index contributed by atoms with van der Waals surface area (Å²) in [7, 11) is 1.77. The lowest BCUT2D eigenvalue weighted by molar-refractivity contribution is -0.139. The Morgan fingerprint density at radius 2 is 1.94 bits per heavy atom. The van der Waals surface area contributed by atoms with Crippen LogP contribution in [-0.2, 0) is 23.8 Å². The molecule has 1 aromatic carbocycles. The van der Waals surface area contributed by atoms with Gasteiger partial charge in [0.15, 0.2) is 6.17 Å². The standard InChI is InChI=1S/C32H39F6N7O2/c1-16-9-23-25(12-22(16)26-27(32(36,37)38)17(2)10-24(40)28(26)35)41-31(47-15-21-11-19(34)13-43(21)4)42-29(23)44-7-8-45(30(46)18(3)33)20(14-44)5-6-39/h10,16,18-22H,5,7-9,11-15,40H2,1-4H3/t16-,18?,19-,20+,21+,22-/m1/s1. The smallest absolute Gasteiger partial charge is 0.417 e. The predicted molar refractivity (Wildman–Crippen MR) is 162 cm³/mol. The molecule has 9 nitrogen and oxygen atoms in total. The molecule has 3 heterocycles. The molecule has 1 unspecified atom stereocenters. The summed E-state index contributed by atoms with van der Waals surface area (Å²) in [6, 6.07) is 2.08. The number of amides is 1. The molecule has 6 atom stereocenters. The number of benzene rings is 1. The summed E-state index contributed by atoms with van der Waals surface area (Å²) in [5.41, 5.74) is 4.73. The number of aromatic nitrogens is 2. The quantitative estimate of drug-likeness (QED) is 0.333. The number of carbonyl (C=O) groups is 1. The van der Waals surface area contributed by atoms with Gasteiger partial charge in [-0.15, -0.1) is 0 Å². The van der Waals surface area contributed by atoms with Crippen molar-refractivity contribution in [2.75, 3.05) is 50.5 Å². The second-order valence-corrected chi connectivity index (χ2v) is 13.0. The summed E-state index contributed by atoms with van der Waals surface area (Å²) in [5.74, 6) is -2.84. The van der Waals surface area contributed by atoms with Gasteiger partial charge in [0.1, 0.15) is 24.4 Å². The van der Waals surface area contributed by atoms with E-state index in [-0.39, 0.29) is 81.8 Å². The Balaban J connectivity index is 1.56. The van der Waals surface area contributed by atoms with Crippen LogP contribution >= 0.6 is 0 Å². The molecule has 15 heteroatoms. The van der Waals surface area contributed by atoms with Crippen LogP contribution in [0, 0.1) is 30.0 Å². The maximum absolute atomic E-state index is 15.6. The molecule has 47 heavy (non-hydrogen) atoms. The van der Waals surface area contributed by atoms with Crippen molar-refractivity contribution in [1.82, 2.24) is 19.8 Å². The van der Waals surface area contributed by atoms with Gasteiger partial charge in [-0.05, 0) is 63.6 Å². The topological polar surface area (TPSA) is 112 Å². The third-order valence-electron chi connectivity index (χ3n) is 9.63. The SMILES string of the molecule is Cc1cc(N)c(F)c([C@@H]2Cc3nc(OC[C@@H]4C[C@@H](F)CN4C)nc(N4CCN(C(=O)C(C)F)[C@@H](CC#N)C4)c3C[C@H]2C)c1C(F)(F)F. The summed E-state index contributed by atoms with van der Waals surface area (Å²) in [5, 5.41) is 9.48. The van der Waals surface area contributed by atoms with E-state index in [0.717, 1.165) is 13.0 Å². The molecule has 3 aliphatic rings. The Labute approximate surface area is 269 Å². The number of ether oxygens (including phenoxy) is 1. The van der Waals surface area contributed by atoms with E-state index in [1.807, 2.05) is 9.80 Å².